The fourth-order valence-electron chi connectivity index (χ4n) is 1.10. The third-order valence-electron chi connectivity index (χ3n) is 1.76. The molecule has 1 heterocycles. The minimum Gasteiger partial charge on any atom is -0.390 e. The number of nitrogens with zero attached hydrogens (tertiary/aromatic N) is 2. The molecule has 1 aromatic heterocycles. The number of hydrogen-bond acceptors (Lipinski definition) is 3. The van der Waals surface area contributed by atoms with E-state index in [0.717, 1.165) is 31.9 Å². The van der Waals surface area contributed by atoms with Crippen molar-refractivity contribution >= 4 is 0 Å². The molecule has 0 atom stereocenters. The number of hydrogen-bond donors (Lipinski definition) is 1. The number of aliphatic hydroxyl groups is 1. The van der Waals surface area contributed by atoms with Crippen LogP contribution in [0.1, 0.15) is 19.0 Å². The predicted molar refractivity (Wildman–Crippen MR) is 49.3 cm³/mol. The van der Waals surface area contributed by atoms with E-state index in [0.29, 0.717) is 0 Å². The molecule has 4 heteroatoms. The fraction of sp³-hybridized carbons (Fsp3) is 0.667. The smallest absolute Gasteiger partial charge is 0.0950 e. The normalized spacial score (nSPS) is 10.6. The first-order chi connectivity index (χ1) is 6.36. The third kappa shape index (κ3) is 3.57. The zero-order chi connectivity index (χ0) is 9.52. The maximum atomic E-state index is 8.76. The van der Waals surface area contributed by atoms with Gasteiger partial charge in [-0.2, -0.15) is 0 Å². The second-order valence-corrected chi connectivity index (χ2v) is 2.81. The lowest BCUT2D eigenvalue weighted by molar-refractivity contribution is 0.141. The van der Waals surface area contributed by atoms with E-state index < -0.39 is 0 Å². The largest absolute Gasteiger partial charge is 0.390 e. The van der Waals surface area contributed by atoms with E-state index in [9.17, 15) is 0 Å². The highest BCUT2D eigenvalue weighted by molar-refractivity contribution is 4.93. The lowest BCUT2D eigenvalue weighted by Crippen LogP contribution is -2.00. The quantitative estimate of drug-likeness (QED) is 0.665. The monoisotopic (exact) mass is 184 g/mol. The first kappa shape index (κ1) is 10.2. The van der Waals surface area contributed by atoms with Gasteiger partial charge in [-0.15, -0.1) is 0 Å². The van der Waals surface area contributed by atoms with Gasteiger partial charge in [-0.3, -0.25) is 0 Å². The van der Waals surface area contributed by atoms with E-state index in [-0.39, 0.29) is 6.61 Å². The standard InChI is InChI=1S/C9H16N2O2/c1-2-13-5-3-4-11-6-9(7-12)10-8-11/h6,8,12H,2-5,7H2,1H3. The van der Waals surface area contributed by atoms with Gasteiger partial charge in [-0.1, -0.05) is 0 Å². The molecule has 0 aromatic carbocycles. The molecule has 1 rings (SSSR count). The second kappa shape index (κ2) is 5.72. The Kier molecular flexibility index (Phi) is 4.49. The van der Waals surface area contributed by atoms with Crippen LogP contribution in [0.2, 0.25) is 0 Å². The van der Waals surface area contributed by atoms with Crippen LogP contribution in [0.15, 0.2) is 12.5 Å². The van der Waals surface area contributed by atoms with Crippen LogP contribution >= 0.6 is 0 Å². The summed E-state index contributed by atoms with van der Waals surface area (Å²) < 4.78 is 7.17. The van der Waals surface area contributed by atoms with Gasteiger partial charge in [0.2, 0.25) is 0 Å². The summed E-state index contributed by atoms with van der Waals surface area (Å²) in [4.78, 5) is 4.01. The molecule has 0 aliphatic heterocycles. The van der Waals surface area contributed by atoms with Crippen LogP contribution in [-0.2, 0) is 17.9 Å². The molecular formula is C9H16N2O2. The Labute approximate surface area is 78.2 Å². The summed E-state index contributed by atoms with van der Waals surface area (Å²) in [6, 6.07) is 0. The van der Waals surface area contributed by atoms with Crippen molar-refractivity contribution < 1.29 is 9.84 Å². The Hall–Kier alpha value is -0.870. The molecular weight excluding hydrogens is 168 g/mol. The predicted octanol–water partition coefficient (Wildman–Crippen LogP) is 0.802. The fourth-order valence-corrected chi connectivity index (χ4v) is 1.10. The number of rotatable bonds is 6. The van der Waals surface area contributed by atoms with Crippen molar-refractivity contribution in [2.24, 2.45) is 0 Å². The van der Waals surface area contributed by atoms with Crippen LogP contribution in [0, 0.1) is 0 Å². The number of aromatic nitrogens is 2. The van der Waals surface area contributed by atoms with E-state index in [2.05, 4.69) is 4.98 Å². The van der Waals surface area contributed by atoms with E-state index in [1.54, 1.807) is 6.33 Å². The topological polar surface area (TPSA) is 47.3 Å². The van der Waals surface area contributed by atoms with Crippen LogP contribution in [0.25, 0.3) is 0 Å². The van der Waals surface area contributed by atoms with E-state index >= 15 is 0 Å². The third-order valence-corrected chi connectivity index (χ3v) is 1.76. The number of aryl methyl sites for hydroxylation is 1. The van der Waals surface area contributed by atoms with Crippen LogP contribution in [0.5, 0.6) is 0 Å². The molecule has 0 bridgehead atoms. The van der Waals surface area contributed by atoms with Crippen molar-refractivity contribution in [3.8, 4) is 0 Å². The molecule has 1 aromatic rings. The van der Waals surface area contributed by atoms with E-state index in [4.69, 9.17) is 9.84 Å². The number of ether oxygens (including phenoxy) is 1. The van der Waals surface area contributed by atoms with Crippen LogP contribution in [0.3, 0.4) is 0 Å². The highest BCUT2D eigenvalue weighted by Crippen LogP contribution is 1.97. The Morgan fingerprint density at radius 3 is 3.08 bits per heavy atom. The SMILES string of the molecule is CCOCCCn1cnc(CO)c1. The van der Waals surface area contributed by atoms with Gasteiger partial charge in [-0.05, 0) is 13.3 Å². The summed E-state index contributed by atoms with van der Waals surface area (Å²) >= 11 is 0. The maximum absolute atomic E-state index is 8.76. The van der Waals surface area contributed by atoms with Gasteiger partial charge in [-0.25, -0.2) is 4.98 Å². The zero-order valence-electron chi connectivity index (χ0n) is 7.94. The van der Waals surface area contributed by atoms with Crippen LogP contribution < -0.4 is 0 Å². The van der Waals surface area contributed by atoms with Crippen LogP contribution in [0.4, 0.5) is 0 Å². The number of imidazole rings is 1. The summed E-state index contributed by atoms with van der Waals surface area (Å²) in [5.41, 5.74) is 0.719. The molecule has 0 radical (unpaired) electrons. The van der Waals surface area contributed by atoms with Gasteiger partial charge >= 0.3 is 0 Å². The molecule has 0 aliphatic rings. The van der Waals surface area contributed by atoms with Crippen molar-refractivity contribution in [3.63, 3.8) is 0 Å². The van der Waals surface area contributed by atoms with Crippen molar-refractivity contribution in [1.29, 1.82) is 0 Å². The first-order valence-electron chi connectivity index (χ1n) is 4.56. The van der Waals surface area contributed by atoms with Crippen molar-refractivity contribution in [2.75, 3.05) is 13.2 Å². The van der Waals surface area contributed by atoms with Gasteiger partial charge in [0, 0.05) is 26.0 Å². The Bertz CT molecular complexity index is 235. The van der Waals surface area contributed by atoms with Gasteiger partial charge in [0.1, 0.15) is 0 Å². The molecule has 13 heavy (non-hydrogen) atoms. The highest BCUT2D eigenvalue weighted by atomic mass is 16.5. The minimum absolute atomic E-state index is 0.0124. The lowest BCUT2D eigenvalue weighted by atomic mass is 10.4. The Morgan fingerprint density at radius 1 is 1.62 bits per heavy atom. The van der Waals surface area contributed by atoms with Crippen molar-refractivity contribution in [3.05, 3.63) is 18.2 Å². The van der Waals surface area contributed by atoms with Gasteiger partial charge in [0.05, 0.1) is 18.6 Å². The van der Waals surface area contributed by atoms with Gasteiger partial charge in [0.15, 0.2) is 0 Å². The molecule has 4 nitrogen and oxygen atoms in total. The maximum Gasteiger partial charge on any atom is 0.0950 e. The average molecular weight is 184 g/mol. The van der Waals surface area contributed by atoms with Gasteiger partial charge < -0.3 is 14.4 Å². The Morgan fingerprint density at radius 2 is 2.46 bits per heavy atom. The summed E-state index contributed by atoms with van der Waals surface area (Å²) in [6.07, 6.45) is 4.57. The summed E-state index contributed by atoms with van der Waals surface area (Å²) in [5, 5.41) is 8.76. The summed E-state index contributed by atoms with van der Waals surface area (Å²) in [7, 11) is 0. The highest BCUT2D eigenvalue weighted by Gasteiger charge is 1.95. The molecule has 0 amide bonds. The Balaban J connectivity index is 2.20. The molecule has 0 unspecified atom stereocenters. The molecule has 0 aliphatic carbocycles. The zero-order valence-corrected chi connectivity index (χ0v) is 7.94. The molecule has 74 valence electrons. The molecule has 0 spiro atoms. The average Bonchev–Trinajstić information content (AvgIpc) is 2.60. The van der Waals surface area contributed by atoms with Crippen molar-refractivity contribution in [1.82, 2.24) is 9.55 Å². The summed E-state index contributed by atoms with van der Waals surface area (Å²) in [6.45, 7) is 4.45. The van der Waals surface area contributed by atoms with E-state index in [1.165, 1.54) is 0 Å². The molecule has 0 saturated heterocycles. The van der Waals surface area contributed by atoms with Gasteiger partial charge in [0.25, 0.3) is 0 Å². The first-order valence-corrected chi connectivity index (χ1v) is 4.56. The minimum atomic E-state index is 0.0124. The van der Waals surface area contributed by atoms with Crippen molar-refractivity contribution in [2.45, 2.75) is 26.5 Å². The lowest BCUT2D eigenvalue weighted by Gasteiger charge is -2.01. The second-order valence-electron chi connectivity index (χ2n) is 2.81. The number of aliphatic hydroxyl groups excluding tert-OH is 1. The van der Waals surface area contributed by atoms with Crippen LogP contribution in [-0.4, -0.2) is 27.9 Å². The molecule has 0 fully saturated rings. The summed E-state index contributed by atoms with van der Waals surface area (Å²) in [5.74, 6) is 0. The van der Waals surface area contributed by atoms with E-state index in [1.807, 2.05) is 17.7 Å². The molecule has 1 N–H and O–H groups in total. The molecule has 0 saturated carbocycles.